The number of likely N-dealkylation sites (N-methyl/N-ethyl adjacent to an activating group) is 1. The van der Waals surface area contributed by atoms with Crippen LogP contribution in [0.15, 0.2) is 24.3 Å². The molecule has 1 aromatic rings. The quantitative estimate of drug-likeness (QED) is 0.825. The van der Waals surface area contributed by atoms with E-state index in [2.05, 4.69) is 32.2 Å². The maximum absolute atomic E-state index is 5.58. The minimum Gasteiger partial charge on any atom is -0.497 e. The highest BCUT2D eigenvalue weighted by Gasteiger charge is 2.30. The summed E-state index contributed by atoms with van der Waals surface area (Å²) in [5.74, 6) is 0.873. The van der Waals surface area contributed by atoms with Crippen molar-refractivity contribution in [3.8, 4) is 5.75 Å². The molecule has 17 heavy (non-hydrogen) atoms. The molecule has 0 aliphatic carbocycles. The van der Waals surface area contributed by atoms with E-state index < -0.39 is 0 Å². The molecule has 1 rings (SSSR count). The standard InChI is InChI=1S/C14H23NO2/c1-6-15-13(14(2,3)17-5)11-8-7-9-12(10-11)16-4/h7-10,13,15H,6H2,1-5H3. The molecule has 1 unspecified atom stereocenters. The van der Waals surface area contributed by atoms with Gasteiger partial charge in [-0.3, -0.25) is 0 Å². The normalized spacial score (nSPS) is 13.5. The fourth-order valence-electron chi connectivity index (χ4n) is 1.91. The summed E-state index contributed by atoms with van der Waals surface area (Å²) in [6.07, 6.45) is 0. The first-order valence-corrected chi connectivity index (χ1v) is 5.97. The lowest BCUT2D eigenvalue weighted by Gasteiger charge is -2.34. The zero-order valence-corrected chi connectivity index (χ0v) is 11.4. The van der Waals surface area contributed by atoms with Crippen molar-refractivity contribution < 1.29 is 9.47 Å². The minimum absolute atomic E-state index is 0.146. The molecule has 0 saturated carbocycles. The van der Waals surface area contributed by atoms with Crippen LogP contribution in [0.25, 0.3) is 0 Å². The third kappa shape index (κ3) is 3.45. The molecular weight excluding hydrogens is 214 g/mol. The van der Waals surface area contributed by atoms with Crippen molar-refractivity contribution in [2.45, 2.75) is 32.4 Å². The molecule has 0 heterocycles. The molecule has 0 saturated heterocycles. The van der Waals surface area contributed by atoms with Crippen molar-refractivity contribution in [2.75, 3.05) is 20.8 Å². The molecule has 0 aliphatic heterocycles. The van der Waals surface area contributed by atoms with Gasteiger partial charge in [-0.05, 0) is 38.1 Å². The first-order chi connectivity index (χ1) is 8.05. The third-order valence-corrected chi connectivity index (χ3v) is 3.06. The van der Waals surface area contributed by atoms with Crippen LogP contribution in [0.4, 0.5) is 0 Å². The number of hydrogen-bond donors (Lipinski definition) is 1. The maximum atomic E-state index is 5.58. The minimum atomic E-state index is -0.262. The van der Waals surface area contributed by atoms with Gasteiger partial charge in [0.25, 0.3) is 0 Å². The highest BCUT2D eigenvalue weighted by molar-refractivity contribution is 5.31. The molecule has 3 nitrogen and oxygen atoms in total. The van der Waals surface area contributed by atoms with Crippen LogP contribution in [0.3, 0.4) is 0 Å². The fraction of sp³-hybridized carbons (Fsp3) is 0.571. The van der Waals surface area contributed by atoms with E-state index in [1.807, 2.05) is 18.2 Å². The summed E-state index contributed by atoms with van der Waals surface area (Å²) in [5.41, 5.74) is 0.917. The lowest BCUT2D eigenvalue weighted by Crippen LogP contribution is -2.40. The van der Waals surface area contributed by atoms with Crippen molar-refractivity contribution in [3.05, 3.63) is 29.8 Å². The third-order valence-electron chi connectivity index (χ3n) is 3.06. The molecule has 0 radical (unpaired) electrons. The average Bonchev–Trinajstić information content (AvgIpc) is 2.35. The molecule has 0 aliphatic rings. The SMILES string of the molecule is CCNC(c1cccc(OC)c1)C(C)(C)OC. The summed E-state index contributed by atoms with van der Waals surface area (Å²) in [6, 6.07) is 8.24. The van der Waals surface area contributed by atoms with E-state index in [-0.39, 0.29) is 11.6 Å². The summed E-state index contributed by atoms with van der Waals surface area (Å²) in [5, 5.41) is 3.46. The molecule has 3 heteroatoms. The number of ether oxygens (including phenoxy) is 2. The van der Waals surface area contributed by atoms with Gasteiger partial charge in [-0.25, -0.2) is 0 Å². The predicted octanol–water partition coefficient (Wildman–Crippen LogP) is 2.77. The second-order valence-corrected chi connectivity index (χ2v) is 4.57. The molecule has 0 aromatic heterocycles. The molecule has 1 atom stereocenters. The Morgan fingerprint density at radius 3 is 2.53 bits per heavy atom. The highest BCUT2D eigenvalue weighted by Crippen LogP contribution is 2.30. The van der Waals surface area contributed by atoms with Crippen molar-refractivity contribution in [1.29, 1.82) is 0 Å². The Hall–Kier alpha value is -1.06. The van der Waals surface area contributed by atoms with E-state index >= 15 is 0 Å². The summed E-state index contributed by atoms with van der Waals surface area (Å²) < 4.78 is 10.8. The monoisotopic (exact) mass is 237 g/mol. The van der Waals surface area contributed by atoms with Gasteiger partial charge in [0.1, 0.15) is 5.75 Å². The Morgan fingerprint density at radius 1 is 1.29 bits per heavy atom. The number of hydrogen-bond acceptors (Lipinski definition) is 3. The van der Waals surface area contributed by atoms with Gasteiger partial charge in [0.2, 0.25) is 0 Å². The van der Waals surface area contributed by atoms with Gasteiger partial charge in [-0.1, -0.05) is 19.1 Å². The molecule has 0 bridgehead atoms. The zero-order valence-electron chi connectivity index (χ0n) is 11.4. The second-order valence-electron chi connectivity index (χ2n) is 4.57. The van der Waals surface area contributed by atoms with Crippen molar-refractivity contribution in [2.24, 2.45) is 0 Å². The van der Waals surface area contributed by atoms with Crippen molar-refractivity contribution >= 4 is 0 Å². The first kappa shape index (κ1) is 14.0. The van der Waals surface area contributed by atoms with Crippen LogP contribution in [0.1, 0.15) is 32.4 Å². The van der Waals surface area contributed by atoms with E-state index in [1.54, 1.807) is 14.2 Å². The number of methoxy groups -OCH3 is 2. The van der Waals surface area contributed by atoms with Crippen LogP contribution in [0, 0.1) is 0 Å². The number of benzene rings is 1. The van der Waals surface area contributed by atoms with E-state index in [4.69, 9.17) is 9.47 Å². The Morgan fingerprint density at radius 2 is 2.00 bits per heavy atom. The van der Waals surface area contributed by atoms with Crippen LogP contribution < -0.4 is 10.1 Å². The van der Waals surface area contributed by atoms with Crippen LogP contribution in [-0.2, 0) is 4.74 Å². The van der Waals surface area contributed by atoms with Gasteiger partial charge in [0.15, 0.2) is 0 Å². The van der Waals surface area contributed by atoms with Crippen LogP contribution in [0.2, 0.25) is 0 Å². The number of nitrogens with one attached hydrogen (secondary N) is 1. The largest absolute Gasteiger partial charge is 0.497 e. The topological polar surface area (TPSA) is 30.5 Å². The smallest absolute Gasteiger partial charge is 0.119 e. The lowest BCUT2D eigenvalue weighted by molar-refractivity contribution is -0.0107. The fourth-order valence-corrected chi connectivity index (χ4v) is 1.91. The van der Waals surface area contributed by atoms with Gasteiger partial charge < -0.3 is 14.8 Å². The molecule has 1 aromatic carbocycles. The average molecular weight is 237 g/mol. The van der Waals surface area contributed by atoms with Crippen LogP contribution >= 0.6 is 0 Å². The van der Waals surface area contributed by atoms with Crippen LogP contribution in [0.5, 0.6) is 5.75 Å². The van der Waals surface area contributed by atoms with E-state index in [9.17, 15) is 0 Å². The van der Waals surface area contributed by atoms with Gasteiger partial charge in [0, 0.05) is 7.11 Å². The summed E-state index contributed by atoms with van der Waals surface area (Å²) in [6.45, 7) is 7.16. The number of rotatable bonds is 6. The van der Waals surface area contributed by atoms with Crippen molar-refractivity contribution in [1.82, 2.24) is 5.32 Å². The highest BCUT2D eigenvalue weighted by atomic mass is 16.5. The Kier molecular flexibility index (Phi) is 4.97. The zero-order chi connectivity index (χ0) is 12.9. The Balaban J connectivity index is 3.04. The molecule has 1 N–H and O–H groups in total. The van der Waals surface area contributed by atoms with Gasteiger partial charge >= 0.3 is 0 Å². The molecular formula is C14H23NO2. The van der Waals surface area contributed by atoms with Gasteiger partial charge in [-0.15, -0.1) is 0 Å². The maximum Gasteiger partial charge on any atom is 0.119 e. The van der Waals surface area contributed by atoms with Crippen molar-refractivity contribution in [3.63, 3.8) is 0 Å². The Labute approximate surface area is 104 Å². The van der Waals surface area contributed by atoms with Gasteiger partial charge in [0.05, 0.1) is 18.8 Å². The molecule has 96 valence electrons. The molecule has 0 spiro atoms. The summed E-state index contributed by atoms with van der Waals surface area (Å²) in [4.78, 5) is 0. The van der Waals surface area contributed by atoms with E-state index in [0.29, 0.717) is 0 Å². The first-order valence-electron chi connectivity index (χ1n) is 5.97. The summed E-state index contributed by atoms with van der Waals surface area (Å²) >= 11 is 0. The predicted molar refractivity (Wildman–Crippen MR) is 70.5 cm³/mol. The van der Waals surface area contributed by atoms with Crippen LogP contribution in [-0.4, -0.2) is 26.4 Å². The summed E-state index contributed by atoms with van der Waals surface area (Å²) in [7, 11) is 3.42. The lowest BCUT2D eigenvalue weighted by atomic mass is 9.91. The molecule has 0 fully saturated rings. The molecule has 0 amide bonds. The van der Waals surface area contributed by atoms with E-state index in [1.165, 1.54) is 5.56 Å². The Bertz CT molecular complexity index is 350. The van der Waals surface area contributed by atoms with E-state index in [0.717, 1.165) is 12.3 Å². The van der Waals surface area contributed by atoms with Gasteiger partial charge in [-0.2, -0.15) is 0 Å². The second kappa shape index (κ2) is 6.03.